The summed E-state index contributed by atoms with van der Waals surface area (Å²) in [5.74, 6) is -1.22. The Morgan fingerprint density at radius 1 is 1.07 bits per heavy atom. The monoisotopic (exact) mass is 414 g/mol. The number of nitrogens with one attached hydrogen (secondary N) is 2. The smallest absolute Gasteiger partial charge is 0.349 e. The first-order chi connectivity index (χ1) is 13.9. The Labute approximate surface area is 174 Å². The van der Waals surface area contributed by atoms with Crippen LogP contribution in [0.1, 0.15) is 54.3 Å². The van der Waals surface area contributed by atoms with Crippen LogP contribution in [-0.4, -0.2) is 30.1 Å². The van der Waals surface area contributed by atoms with E-state index in [0.717, 1.165) is 42.4 Å². The Morgan fingerprint density at radius 3 is 2.45 bits per heavy atom. The van der Waals surface area contributed by atoms with E-state index in [1.54, 1.807) is 0 Å². The van der Waals surface area contributed by atoms with Gasteiger partial charge in [-0.15, -0.1) is 11.3 Å². The van der Waals surface area contributed by atoms with Crippen molar-refractivity contribution in [1.29, 1.82) is 0 Å². The maximum absolute atomic E-state index is 12.6. The molecule has 1 aliphatic carbocycles. The lowest BCUT2D eigenvalue weighted by Crippen LogP contribution is -2.48. The molecular weight excluding hydrogens is 388 g/mol. The zero-order valence-corrected chi connectivity index (χ0v) is 17.5. The number of benzene rings is 1. The average molecular weight is 415 g/mol. The first-order valence-corrected chi connectivity index (χ1v) is 10.8. The summed E-state index contributed by atoms with van der Waals surface area (Å²) in [6.07, 6.45) is 4.11. The number of carbonyl (C=O) groups excluding carboxylic acids is 3. The molecule has 1 aliphatic rings. The highest BCUT2D eigenvalue weighted by Gasteiger charge is 2.24. The van der Waals surface area contributed by atoms with Crippen LogP contribution in [-0.2, 0) is 9.53 Å². The fourth-order valence-electron chi connectivity index (χ4n) is 3.38. The molecule has 1 atom stereocenters. The first kappa shape index (κ1) is 21.0. The van der Waals surface area contributed by atoms with Gasteiger partial charge in [0.1, 0.15) is 4.88 Å². The highest BCUT2D eigenvalue weighted by atomic mass is 32.1. The van der Waals surface area contributed by atoms with Crippen molar-refractivity contribution >= 4 is 29.2 Å². The summed E-state index contributed by atoms with van der Waals surface area (Å²) in [6.45, 7) is 3.46. The van der Waals surface area contributed by atoms with Gasteiger partial charge >= 0.3 is 12.0 Å². The highest BCUT2D eigenvalue weighted by Crippen LogP contribution is 2.29. The number of amides is 3. The number of thiophene rings is 1. The van der Waals surface area contributed by atoms with Gasteiger partial charge in [-0.1, -0.05) is 49.1 Å². The predicted molar refractivity (Wildman–Crippen MR) is 113 cm³/mol. The van der Waals surface area contributed by atoms with E-state index < -0.39 is 24.0 Å². The fourth-order valence-corrected chi connectivity index (χ4v) is 4.17. The fraction of sp³-hybridized carbons (Fsp3) is 0.409. The molecular formula is C22H26N2O4S. The molecule has 1 saturated carbocycles. The number of aryl methyl sites for hydroxylation is 1. The van der Waals surface area contributed by atoms with Crippen molar-refractivity contribution in [1.82, 2.24) is 10.6 Å². The summed E-state index contributed by atoms with van der Waals surface area (Å²) < 4.78 is 5.31. The Morgan fingerprint density at radius 2 is 1.76 bits per heavy atom. The SMILES string of the molecule is Cc1ccc(-c2ccsc2C(=O)O[C@H](C)C(=O)NC(=O)NC2CCCCC2)cc1. The third-order valence-electron chi connectivity index (χ3n) is 5.04. The average Bonchev–Trinajstić information content (AvgIpc) is 3.19. The highest BCUT2D eigenvalue weighted by molar-refractivity contribution is 7.12. The van der Waals surface area contributed by atoms with Crippen LogP contribution in [0.15, 0.2) is 35.7 Å². The minimum Gasteiger partial charge on any atom is -0.448 e. The van der Waals surface area contributed by atoms with E-state index in [4.69, 9.17) is 4.74 Å². The van der Waals surface area contributed by atoms with E-state index in [0.29, 0.717) is 4.88 Å². The van der Waals surface area contributed by atoms with Crippen LogP contribution >= 0.6 is 11.3 Å². The third-order valence-corrected chi connectivity index (χ3v) is 5.94. The van der Waals surface area contributed by atoms with E-state index in [1.807, 2.05) is 42.6 Å². The lowest BCUT2D eigenvalue weighted by Gasteiger charge is -2.23. The van der Waals surface area contributed by atoms with Crippen LogP contribution in [0.2, 0.25) is 0 Å². The largest absolute Gasteiger partial charge is 0.448 e. The van der Waals surface area contributed by atoms with Gasteiger partial charge in [-0.05, 0) is 43.7 Å². The normalized spacial score (nSPS) is 15.4. The van der Waals surface area contributed by atoms with Gasteiger partial charge in [0, 0.05) is 11.6 Å². The van der Waals surface area contributed by atoms with Gasteiger partial charge in [0.25, 0.3) is 5.91 Å². The second-order valence-electron chi connectivity index (χ2n) is 7.37. The number of imide groups is 1. The number of ether oxygens (including phenoxy) is 1. The van der Waals surface area contributed by atoms with Gasteiger partial charge in [-0.25, -0.2) is 9.59 Å². The number of urea groups is 1. The molecule has 3 amide bonds. The van der Waals surface area contributed by atoms with Crippen molar-refractivity contribution < 1.29 is 19.1 Å². The van der Waals surface area contributed by atoms with Gasteiger partial charge in [-0.3, -0.25) is 10.1 Å². The summed E-state index contributed by atoms with van der Waals surface area (Å²) in [5, 5.41) is 6.89. The second-order valence-corrected chi connectivity index (χ2v) is 8.29. The number of carbonyl (C=O) groups is 3. The van der Waals surface area contributed by atoms with Gasteiger partial charge < -0.3 is 10.1 Å². The Bertz CT molecular complexity index is 869. The quantitative estimate of drug-likeness (QED) is 0.709. The van der Waals surface area contributed by atoms with Crippen molar-refractivity contribution in [2.75, 3.05) is 0 Å². The number of hydrogen-bond donors (Lipinski definition) is 2. The lowest BCUT2D eigenvalue weighted by molar-refractivity contribution is -0.127. The molecule has 29 heavy (non-hydrogen) atoms. The maximum atomic E-state index is 12.6. The maximum Gasteiger partial charge on any atom is 0.349 e. The van der Waals surface area contributed by atoms with Gasteiger partial charge in [-0.2, -0.15) is 0 Å². The van der Waals surface area contributed by atoms with Gasteiger partial charge in [0.05, 0.1) is 0 Å². The van der Waals surface area contributed by atoms with Crippen molar-refractivity contribution in [2.24, 2.45) is 0 Å². The zero-order chi connectivity index (χ0) is 20.8. The number of esters is 1. The summed E-state index contributed by atoms with van der Waals surface area (Å²) in [4.78, 5) is 37.3. The third kappa shape index (κ3) is 5.67. The molecule has 2 N–H and O–H groups in total. The second kappa shape index (κ2) is 9.69. The van der Waals surface area contributed by atoms with E-state index in [9.17, 15) is 14.4 Å². The molecule has 1 aromatic carbocycles. The van der Waals surface area contributed by atoms with Crippen LogP contribution in [0.5, 0.6) is 0 Å². The molecule has 154 valence electrons. The Kier molecular flexibility index (Phi) is 7.04. The predicted octanol–water partition coefficient (Wildman–Crippen LogP) is 4.43. The summed E-state index contributed by atoms with van der Waals surface area (Å²) in [5.41, 5.74) is 2.81. The standard InChI is InChI=1S/C22H26N2O4S/c1-14-8-10-16(11-9-14)18-12-13-29-19(18)21(26)28-15(2)20(25)24-22(27)23-17-6-4-3-5-7-17/h8-13,15,17H,3-7H2,1-2H3,(H2,23,24,25,27)/t15-/m1/s1. The van der Waals surface area contributed by atoms with Crippen molar-refractivity contribution in [2.45, 2.75) is 58.1 Å². The van der Waals surface area contributed by atoms with Crippen LogP contribution in [0.25, 0.3) is 11.1 Å². The van der Waals surface area contributed by atoms with Crippen LogP contribution in [0.4, 0.5) is 4.79 Å². The summed E-state index contributed by atoms with van der Waals surface area (Å²) in [6, 6.07) is 9.25. The molecule has 0 aliphatic heterocycles. The van der Waals surface area contributed by atoms with Crippen LogP contribution in [0, 0.1) is 6.92 Å². The minimum atomic E-state index is -1.08. The first-order valence-electron chi connectivity index (χ1n) is 9.91. The number of hydrogen-bond acceptors (Lipinski definition) is 5. The molecule has 0 radical (unpaired) electrons. The molecule has 0 bridgehead atoms. The molecule has 2 aromatic rings. The lowest BCUT2D eigenvalue weighted by atomic mass is 9.96. The van der Waals surface area contributed by atoms with Crippen molar-refractivity contribution in [3.8, 4) is 11.1 Å². The molecule has 1 aromatic heterocycles. The van der Waals surface area contributed by atoms with E-state index in [1.165, 1.54) is 24.7 Å². The van der Waals surface area contributed by atoms with Gasteiger partial charge in [0.15, 0.2) is 6.10 Å². The van der Waals surface area contributed by atoms with E-state index in [-0.39, 0.29) is 6.04 Å². The molecule has 6 nitrogen and oxygen atoms in total. The van der Waals surface area contributed by atoms with E-state index in [2.05, 4.69) is 10.6 Å². The molecule has 3 rings (SSSR count). The minimum absolute atomic E-state index is 0.0950. The molecule has 0 saturated heterocycles. The number of rotatable bonds is 5. The van der Waals surface area contributed by atoms with Crippen molar-refractivity contribution in [3.63, 3.8) is 0 Å². The Hall–Kier alpha value is -2.67. The van der Waals surface area contributed by atoms with E-state index >= 15 is 0 Å². The molecule has 7 heteroatoms. The van der Waals surface area contributed by atoms with Crippen LogP contribution < -0.4 is 10.6 Å². The zero-order valence-electron chi connectivity index (χ0n) is 16.7. The topological polar surface area (TPSA) is 84.5 Å². The molecule has 1 heterocycles. The molecule has 0 spiro atoms. The molecule has 0 unspecified atom stereocenters. The Balaban J connectivity index is 1.56. The summed E-state index contributed by atoms with van der Waals surface area (Å²) in [7, 11) is 0. The van der Waals surface area contributed by atoms with Crippen LogP contribution in [0.3, 0.4) is 0 Å². The van der Waals surface area contributed by atoms with Gasteiger partial charge in [0.2, 0.25) is 0 Å². The summed E-state index contributed by atoms with van der Waals surface area (Å²) >= 11 is 1.26. The molecule has 1 fully saturated rings. The van der Waals surface area contributed by atoms with Crippen molar-refractivity contribution in [3.05, 3.63) is 46.2 Å².